The number of nitrogens with one attached hydrogen (secondary N) is 1. The standard InChI is InChI=1S/C16H17NO4S/c1-3-4-13(18)17-15-14(16(19)20)12(9-22-15)10-5-7-11(21-2)8-6-10/h5-9H,3-4H2,1-2H3,(H,17,18)(H,19,20). The van der Waals surface area contributed by atoms with Crippen LogP contribution in [0, 0.1) is 0 Å². The van der Waals surface area contributed by atoms with Crippen LogP contribution >= 0.6 is 11.3 Å². The quantitative estimate of drug-likeness (QED) is 0.847. The lowest BCUT2D eigenvalue weighted by molar-refractivity contribution is -0.116. The smallest absolute Gasteiger partial charge is 0.339 e. The van der Waals surface area contributed by atoms with E-state index >= 15 is 0 Å². The van der Waals surface area contributed by atoms with Crippen molar-refractivity contribution in [2.75, 3.05) is 12.4 Å². The average molecular weight is 319 g/mol. The molecule has 0 saturated carbocycles. The molecule has 2 aromatic rings. The SMILES string of the molecule is CCCC(=O)Nc1scc(-c2ccc(OC)cc2)c1C(=O)O. The predicted octanol–water partition coefficient (Wildman–Crippen LogP) is 3.86. The summed E-state index contributed by atoms with van der Waals surface area (Å²) in [7, 11) is 1.57. The van der Waals surface area contributed by atoms with Gasteiger partial charge < -0.3 is 15.2 Å². The molecule has 5 nitrogen and oxygen atoms in total. The molecule has 0 fully saturated rings. The third kappa shape index (κ3) is 3.46. The number of carbonyl (C=O) groups is 2. The van der Waals surface area contributed by atoms with Crippen LogP contribution < -0.4 is 10.1 Å². The fourth-order valence-corrected chi connectivity index (χ4v) is 3.04. The summed E-state index contributed by atoms with van der Waals surface area (Å²) in [5.74, 6) is -0.528. The van der Waals surface area contributed by atoms with Crippen LogP contribution in [0.3, 0.4) is 0 Å². The number of hydrogen-bond acceptors (Lipinski definition) is 4. The molecule has 2 rings (SSSR count). The summed E-state index contributed by atoms with van der Waals surface area (Å²) in [4.78, 5) is 23.3. The predicted molar refractivity (Wildman–Crippen MR) is 86.8 cm³/mol. The van der Waals surface area contributed by atoms with Crippen molar-refractivity contribution in [1.29, 1.82) is 0 Å². The maximum atomic E-state index is 11.7. The summed E-state index contributed by atoms with van der Waals surface area (Å²) < 4.78 is 5.10. The first-order valence-corrected chi connectivity index (χ1v) is 7.73. The molecule has 6 heteroatoms. The topological polar surface area (TPSA) is 75.6 Å². The van der Waals surface area contributed by atoms with E-state index in [9.17, 15) is 14.7 Å². The Morgan fingerprint density at radius 3 is 2.50 bits per heavy atom. The summed E-state index contributed by atoms with van der Waals surface area (Å²) >= 11 is 1.22. The largest absolute Gasteiger partial charge is 0.497 e. The zero-order valence-corrected chi connectivity index (χ0v) is 13.2. The number of rotatable bonds is 6. The number of anilines is 1. The molecule has 0 aliphatic rings. The van der Waals surface area contributed by atoms with Gasteiger partial charge in [0.1, 0.15) is 16.3 Å². The second kappa shape index (κ2) is 7.09. The van der Waals surface area contributed by atoms with Crippen LogP contribution in [-0.4, -0.2) is 24.1 Å². The Balaban J connectivity index is 2.37. The summed E-state index contributed by atoms with van der Waals surface area (Å²) in [5, 5.41) is 14.3. The number of methoxy groups -OCH3 is 1. The van der Waals surface area contributed by atoms with Crippen molar-refractivity contribution in [1.82, 2.24) is 0 Å². The fraction of sp³-hybridized carbons (Fsp3) is 0.250. The Bertz CT molecular complexity index is 676. The Labute approximate surface area is 132 Å². The first-order chi connectivity index (χ1) is 10.6. The summed E-state index contributed by atoms with van der Waals surface area (Å²) in [5.41, 5.74) is 1.48. The van der Waals surface area contributed by atoms with Crippen molar-refractivity contribution in [3.63, 3.8) is 0 Å². The first kappa shape index (κ1) is 16.0. The minimum Gasteiger partial charge on any atom is -0.497 e. The van der Waals surface area contributed by atoms with Crippen molar-refractivity contribution in [2.24, 2.45) is 0 Å². The second-order valence-electron chi connectivity index (χ2n) is 4.69. The summed E-state index contributed by atoms with van der Waals surface area (Å²) in [6.45, 7) is 1.90. The molecule has 0 spiro atoms. The molecular weight excluding hydrogens is 302 g/mol. The third-order valence-corrected chi connectivity index (χ3v) is 4.03. The number of amides is 1. The molecule has 22 heavy (non-hydrogen) atoms. The molecule has 0 unspecified atom stereocenters. The molecule has 1 heterocycles. The van der Waals surface area contributed by atoms with E-state index in [1.165, 1.54) is 11.3 Å². The molecule has 1 aromatic carbocycles. The van der Waals surface area contributed by atoms with Crippen LogP contribution in [0.1, 0.15) is 30.1 Å². The lowest BCUT2D eigenvalue weighted by Crippen LogP contribution is -2.12. The van der Waals surface area contributed by atoms with Crippen molar-refractivity contribution in [2.45, 2.75) is 19.8 Å². The van der Waals surface area contributed by atoms with E-state index in [0.29, 0.717) is 29.2 Å². The fourth-order valence-electron chi connectivity index (χ4n) is 2.06. The maximum absolute atomic E-state index is 11.7. The number of hydrogen-bond donors (Lipinski definition) is 2. The van der Waals surface area contributed by atoms with Crippen LogP contribution in [0.2, 0.25) is 0 Å². The number of benzene rings is 1. The van der Waals surface area contributed by atoms with Gasteiger partial charge in [-0.05, 0) is 24.1 Å². The number of aromatic carboxylic acids is 1. The monoisotopic (exact) mass is 319 g/mol. The van der Waals surface area contributed by atoms with Gasteiger partial charge in [-0.15, -0.1) is 11.3 Å². The second-order valence-corrected chi connectivity index (χ2v) is 5.56. The molecule has 0 radical (unpaired) electrons. The highest BCUT2D eigenvalue weighted by molar-refractivity contribution is 7.15. The Kier molecular flexibility index (Phi) is 5.16. The van der Waals surface area contributed by atoms with Gasteiger partial charge in [-0.3, -0.25) is 4.79 Å². The van der Waals surface area contributed by atoms with Gasteiger partial charge in [-0.1, -0.05) is 19.1 Å². The van der Waals surface area contributed by atoms with E-state index in [-0.39, 0.29) is 11.5 Å². The number of thiophene rings is 1. The Morgan fingerprint density at radius 1 is 1.27 bits per heavy atom. The van der Waals surface area contributed by atoms with Gasteiger partial charge in [-0.25, -0.2) is 4.79 Å². The molecule has 0 aliphatic carbocycles. The molecule has 2 N–H and O–H groups in total. The van der Waals surface area contributed by atoms with E-state index < -0.39 is 5.97 Å². The van der Waals surface area contributed by atoms with E-state index in [1.54, 1.807) is 36.8 Å². The third-order valence-electron chi connectivity index (χ3n) is 3.14. The van der Waals surface area contributed by atoms with E-state index in [1.807, 2.05) is 6.92 Å². The van der Waals surface area contributed by atoms with Gasteiger partial charge >= 0.3 is 5.97 Å². The lowest BCUT2D eigenvalue weighted by Gasteiger charge is -2.06. The highest BCUT2D eigenvalue weighted by Crippen LogP contribution is 2.36. The van der Waals surface area contributed by atoms with Gasteiger partial charge in [0.05, 0.1) is 7.11 Å². The zero-order valence-electron chi connectivity index (χ0n) is 12.4. The summed E-state index contributed by atoms with van der Waals surface area (Å²) in [6.07, 6.45) is 1.08. The van der Waals surface area contributed by atoms with E-state index in [4.69, 9.17) is 4.74 Å². The van der Waals surface area contributed by atoms with Gasteiger partial charge in [-0.2, -0.15) is 0 Å². The molecule has 0 bridgehead atoms. The van der Waals surface area contributed by atoms with Crippen molar-refractivity contribution in [3.05, 3.63) is 35.2 Å². The number of ether oxygens (including phenoxy) is 1. The lowest BCUT2D eigenvalue weighted by atomic mass is 10.0. The molecule has 0 atom stereocenters. The molecule has 1 aromatic heterocycles. The average Bonchev–Trinajstić information content (AvgIpc) is 2.91. The highest BCUT2D eigenvalue weighted by atomic mass is 32.1. The minimum absolute atomic E-state index is 0.125. The summed E-state index contributed by atoms with van der Waals surface area (Å²) in [6, 6.07) is 7.14. The first-order valence-electron chi connectivity index (χ1n) is 6.85. The number of carbonyl (C=O) groups excluding carboxylic acids is 1. The van der Waals surface area contributed by atoms with Crippen LogP contribution in [0.25, 0.3) is 11.1 Å². The van der Waals surface area contributed by atoms with Crippen molar-refractivity contribution >= 4 is 28.2 Å². The Morgan fingerprint density at radius 2 is 1.95 bits per heavy atom. The van der Waals surface area contributed by atoms with Crippen molar-refractivity contribution in [3.8, 4) is 16.9 Å². The molecule has 0 aliphatic heterocycles. The number of carboxylic acids is 1. The zero-order chi connectivity index (χ0) is 16.1. The number of carboxylic acid groups (broad SMARTS) is 1. The Hall–Kier alpha value is -2.34. The van der Waals surface area contributed by atoms with Crippen molar-refractivity contribution < 1.29 is 19.4 Å². The van der Waals surface area contributed by atoms with Gasteiger partial charge in [0.15, 0.2) is 0 Å². The molecule has 0 saturated heterocycles. The van der Waals surface area contributed by atoms with E-state index in [2.05, 4.69) is 5.32 Å². The molecule has 116 valence electrons. The maximum Gasteiger partial charge on any atom is 0.339 e. The minimum atomic E-state index is -1.06. The highest BCUT2D eigenvalue weighted by Gasteiger charge is 2.20. The normalized spacial score (nSPS) is 10.3. The van der Waals surface area contributed by atoms with Crippen LogP contribution in [0.15, 0.2) is 29.6 Å². The van der Waals surface area contributed by atoms with Gasteiger partial charge in [0, 0.05) is 17.4 Å². The van der Waals surface area contributed by atoms with Gasteiger partial charge in [0.25, 0.3) is 0 Å². The van der Waals surface area contributed by atoms with E-state index in [0.717, 1.165) is 5.56 Å². The van der Waals surface area contributed by atoms with Crippen LogP contribution in [0.5, 0.6) is 5.75 Å². The van der Waals surface area contributed by atoms with Crippen LogP contribution in [-0.2, 0) is 4.79 Å². The van der Waals surface area contributed by atoms with Gasteiger partial charge in [0.2, 0.25) is 5.91 Å². The molecule has 1 amide bonds. The van der Waals surface area contributed by atoms with Crippen LogP contribution in [0.4, 0.5) is 5.00 Å². The molecular formula is C16H17NO4S.